The van der Waals surface area contributed by atoms with Crippen LogP contribution in [0, 0.1) is 0 Å². The molecule has 5 rings (SSSR count). The number of hydrogen-bond acceptors (Lipinski definition) is 4. The van der Waals surface area contributed by atoms with Crippen molar-refractivity contribution < 1.29 is 27.5 Å². The van der Waals surface area contributed by atoms with Gasteiger partial charge >= 0.3 is 12.3 Å². The number of rotatable bonds is 3. The van der Waals surface area contributed by atoms with Crippen LogP contribution in [0.3, 0.4) is 0 Å². The molecule has 0 spiro atoms. The topological polar surface area (TPSA) is 67.7 Å². The molecule has 10 heteroatoms. The van der Waals surface area contributed by atoms with Crippen molar-refractivity contribution in [2.24, 2.45) is 0 Å². The third-order valence-corrected chi connectivity index (χ3v) is 7.13. The van der Waals surface area contributed by atoms with Gasteiger partial charge in [0.15, 0.2) is 0 Å². The normalized spacial score (nSPS) is 19.8. The molecule has 3 heterocycles. The molecule has 1 saturated carbocycles. The van der Waals surface area contributed by atoms with Gasteiger partial charge < -0.3 is 9.64 Å². The number of nitrogens with zero attached hydrogens (tertiary/aromatic N) is 4. The third kappa shape index (κ3) is 4.85. The molecule has 2 amide bonds. The molecule has 1 aliphatic carbocycles. The van der Waals surface area contributed by atoms with Crippen molar-refractivity contribution >= 4 is 12.0 Å². The van der Waals surface area contributed by atoms with Gasteiger partial charge in [0.2, 0.25) is 5.91 Å². The Balaban J connectivity index is 1.61. The maximum atomic E-state index is 14.2. The van der Waals surface area contributed by atoms with E-state index in [4.69, 9.17) is 4.74 Å². The summed E-state index contributed by atoms with van der Waals surface area (Å²) in [5, 5.41) is 4.67. The predicted octanol–water partition coefficient (Wildman–Crippen LogP) is 5.17. The second kappa shape index (κ2) is 8.92. The Hall–Kier alpha value is -3.30. The molecule has 0 N–H and O–H groups in total. The van der Waals surface area contributed by atoms with E-state index in [0.29, 0.717) is 41.9 Å². The number of ether oxygens (including phenoxy) is 1. The smallest absolute Gasteiger partial charge is 0.418 e. The first-order chi connectivity index (χ1) is 17.4. The molecule has 1 aromatic heterocycles. The lowest BCUT2D eigenvalue weighted by atomic mass is 9.95. The first-order valence-corrected chi connectivity index (χ1v) is 12.6. The average Bonchev–Trinajstić information content (AvgIpc) is 3.62. The van der Waals surface area contributed by atoms with Crippen molar-refractivity contribution in [3.05, 3.63) is 58.9 Å². The molecule has 1 aromatic carbocycles. The van der Waals surface area contributed by atoms with Gasteiger partial charge in [0.05, 0.1) is 28.7 Å². The van der Waals surface area contributed by atoms with Crippen LogP contribution in [0.15, 0.2) is 30.9 Å². The van der Waals surface area contributed by atoms with E-state index in [9.17, 15) is 22.8 Å². The van der Waals surface area contributed by atoms with E-state index in [1.54, 1.807) is 36.6 Å². The van der Waals surface area contributed by atoms with E-state index in [2.05, 4.69) is 11.7 Å². The summed E-state index contributed by atoms with van der Waals surface area (Å²) in [6.07, 6.45) is -1.37. The molecule has 2 aromatic rings. The first-order valence-electron chi connectivity index (χ1n) is 12.6. The van der Waals surface area contributed by atoms with E-state index in [1.165, 1.54) is 22.9 Å². The number of halogens is 3. The lowest BCUT2D eigenvalue weighted by Gasteiger charge is -2.38. The van der Waals surface area contributed by atoms with Crippen LogP contribution in [0.1, 0.15) is 73.7 Å². The maximum absolute atomic E-state index is 14.2. The zero-order valence-corrected chi connectivity index (χ0v) is 21.3. The summed E-state index contributed by atoms with van der Waals surface area (Å²) in [5.74, 6) is -0.0905. The van der Waals surface area contributed by atoms with E-state index >= 15 is 0 Å². The van der Waals surface area contributed by atoms with Gasteiger partial charge in [0, 0.05) is 38.0 Å². The minimum Gasteiger partial charge on any atom is -0.444 e. The van der Waals surface area contributed by atoms with Crippen LogP contribution in [-0.4, -0.2) is 56.8 Å². The van der Waals surface area contributed by atoms with Crippen LogP contribution in [-0.2, 0) is 28.5 Å². The molecule has 3 aliphatic rings. The lowest BCUT2D eigenvalue weighted by molar-refractivity contribution is -0.137. The summed E-state index contributed by atoms with van der Waals surface area (Å²) in [6, 6.07) is 3.94. The number of amides is 2. The van der Waals surface area contributed by atoms with Crippen LogP contribution >= 0.6 is 0 Å². The molecular weight excluding hydrogens is 485 g/mol. The van der Waals surface area contributed by atoms with E-state index in [-0.39, 0.29) is 30.6 Å². The van der Waals surface area contributed by atoms with Crippen molar-refractivity contribution in [3.8, 4) is 5.69 Å². The maximum Gasteiger partial charge on any atom is 0.418 e. The van der Waals surface area contributed by atoms with Crippen LogP contribution in [0.25, 0.3) is 5.69 Å². The molecule has 0 bridgehead atoms. The fourth-order valence-electron chi connectivity index (χ4n) is 5.30. The summed E-state index contributed by atoms with van der Waals surface area (Å²) in [6.45, 7) is 9.63. The van der Waals surface area contributed by atoms with Crippen molar-refractivity contribution in [2.45, 2.75) is 70.2 Å². The molecule has 0 unspecified atom stereocenters. The zero-order valence-electron chi connectivity index (χ0n) is 21.3. The Morgan fingerprint density at radius 1 is 1.14 bits per heavy atom. The van der Waals surface area contributed by atoms with Gasteiger partial charge in [-0.15, -0.1) is 0 Å². The van der Waals surface area contributed by atoms with Gasteiger partial charge in [-0.2, -0.15) is 18.3 Å². The largest absolute Gasteiger partial charge is 0.444 e. The Kier molecular flexibility index (Phi) is 6.11. The molecule has 37 heavy (non-hydrogen) atoms. The minimum atomic E-state index is -4.54. The number of hydrogen-bond donors (Lipinski definition) is 0. The van der Waals surface area contributed by atoms with E-state index in [0.717, 1.165) is 12.8 Å². The fourth-order valence-corrected chi connectivity index (χ4v) is 5.30. The Morgan fingerprint density at radius 2 is 1.86 bits per heavy atom. The number of benzene rings is 1. The van der Waals surface area contributed by atoms with E-state index < -0.39 is 29.5 Å². The standard InChI is InChI=1S/C27H31F3N4O3/c1-5-23(35)32-12-10-19-24-21(11-13-33(22(24)15-32)25(36)37-26(2,3)4)34(31-19)20-9-8-17(16-6-7-16)14-18(20)27(28,29)30/h5,8-9,14,16,22H,1,6-7,10-13,15H2,2-4H3/t22-/m0/s1. The van der Waals surface area contributed by atoms with Gasteiger partial charge in [0.25, 0.3) is 0 Å². The summed E-state index contributed by atoms with van der Waals surface area (Å²) in [5.41, 5.74) is 1.19. The van der Waals surface area contributed by atoms with Crippen LogP contribution in [0.4, 0.5) is 18.0 Å². The Morgan fingerprint density at radius 3 is 2.49 bits per heavy atom. The van der Waals surface area contributed by atoms with Crippen molar-refractivity contribution in [2.75, 3.05) is 19.6 Å². The summed E-state index contributed by atoms with van der Waals surface area (Å²) in [4.78, 5) is 28.8. The number of carbonyl (C=O) groups is 2. The minimum absolute atomic E-state index is 0.0107. The van der Waals surface area contributed by atoms with Gasteiger partial charge in [0.1, 0.15) is 5.60 Å². The van der Waals surface area contributed by atoms with Crippen molar-refractivity contribution in [1.29, 1.82) is 0 Å². The van der Waals surface area contributed by atoms with Gasteiger partial charge in [-0.1, -0.05) is 12.6 Å². The number of aromatic nitrogens is 2. The Labute approximate surface area is 213 Å². The third-order valence-electron chi connectivity index (χ3n) is 7.13. The van der Waals surface area contributed by atoms with Gasteiger partial charge in [-0.25, -0.2) is 9.48 Å². The molecule has 7 nitrogen and oxygen atoms in total. The quantitative estimate of drug-likeness (QED) is 0.528. The lowest BCUT2D eigenvalue weighted by Crippen LogP contribution is -2.47. The molecule has 1 atom stereocenters. The Bertz CT molecular complexity index is 1260. The summed E-state index contributed by atoms with van der Waals surface area (Å²) in [7, 11) is 0. The molecular formula is C27H31F3N4O3. The monoisotopic (exact) mass is 516 g/mol. The van der Waals surface area contributed by atoms with Crippen LogP contribution in [0.2, 0.25) is 0 Å². The molecule has 0 saturated heterocycles. The predicted molar refractivity (Wildman–Crippen MR) is 130 cm³/mol. The molecule has 1 fully saturated rings. The number of carbonyl (C=O) groups excluding carboxylic acids is 2. The number of alkyl halides is 3. The van der Waals surface area contributed by atoms with Crippen molar-refractivity contribution in [1.82, 2.24) is 19.6 Å². The van der Waals surface area contributed by atoms with Crippen molar-refractivity contribution in [3.63, 3.8) is 0 Å². The zero-order chi connectivity index (χ0) is 26.7. The first kappa shape index (κ1) is 25.4. The van der Waals surface area contributed by atoms with Gasteiger partial charge in [-0.3, -0.25) is 9.69 Å². The molecule has 0 radical (unpaired) electrons. The van der Waals surface area contributed by atoms with Gasteiger partial charge in [-0.05, 0) is 63.3 Å². The highest BCUT2D eigenvalue weighted by Gasteiger charge is 2.43. The molecule has 2 aliphatic heterocycles. The summed E-state index contributed by atoms with van der Waals surface area (Å²) < 4.78 is 49.7. The van der Waals surface area contributed by atoms with Crippen LogP contribution in [0.5, 0.6) is 0 Å². The second-order valence-corrected chi connectivity index (χ2v) is 10.9. The average molecular weight is 517 g/mol. The molecule has 198 valence electrons. The SMILES string of the molecule is C=CC(=O)N1CCc2nn(-c3ccc(C4CC4)cc3C(F)(F)F)c3c2[C@H](C1)N(C(=O)OC(C)(C)C)CC3. The fraction of sp³-hybridized carbons (Fsp3) is 0.519. The summed E-state index contributed by atoms with van der Waals surface area (Å²) >= 11 is 0. The van der Waals surface area contributed by atoms with E-state index in [1.807, 2.05) is 0 Å². The highest BCUT2D eigenvalue weighted by atomic mass is 19.4. The second-order valence-electron chi connectivity index (χ2n) is 10.9. The van der Waals surface area contributed by atoms with Crippen LogP contribution < -0.4 is 0 Å². The highest BCUT2D eigenvalue weighted by Crippen LogP contribution is 2.44. The highest BCUT2D eigenvalue weighted by molar-refractivity contribution is 5.87.